The van der Waals surface area contributed by atoms with Crippen molar-refractivity contribution >= 4 is 33.3 Å². The van der Waals surface area contributed by atoms with Gasteiger partial charge in [0.1, 0.15) is 11.6 Å². The van der Waals surface area contributed by atoms with Crippen LogP contribution in [0, 0.1) is 6.92 Å². The second-order valence-electron chi connectivity index (χ2n) is 3.77. The molecule has 0 unspecified atom stereocenters. The van der Waals surface area contributed by atoms with Crippen LogP contribution < -0.4 is 10.6 Å². The van der Waals surface area contributed by atoms with Crippen molar-refractivity contribution < 1.29 is 0 Å². The zero-order valence-electron chi connectivity index (χ0n) is 9.79. The normalized spacial score (nSPS) is 10.1. The van der Waals surface area contributed by atoms with E-state index in [0.717, 1.165) is 21.8 Å². The predicted molar refractivity (Wildman–Crippen MR) is 75.9 cm³/mol. The smallest absolute Gasteiger partial charge is 0.132 e. The van der Waals surface area contributed by atoms with E-state index in [1.165, 1.54) is 5.56 Å². The summed E-state index contributed by atoms with van der Waals surface area (Å²) in [4.78, 5) is 4.41. The average Bonchev–Trinajstić information content (AvgIpc) is 2.33. The lowest BCUT2D eigenvalue weighted by Crippen LogP contribution is -1.97. The molecular formula is C13H14BrN3. The third kappa shape index (κ3) is 2.97. The van der Waals surface area contributed by atoms with Gasteiger partial charge in [-0.05, 0) is 52.7 Å². The zero-order valence-corrected chi connectivity index (χ0v) is 11.4. The fourth-order valence-corrected chi connectivity index (χ4v) is 2.10. The number of hydrogen-bond donors (Lipinski definition) is 2. The van der Waals surface area contributed by atoms with Crippen LogP contribution in [0.5, 0.6) is 0 Å². The molecule has 0 radical (unpaired) electrons. The maximum absolute atomic E-state index is 4.41. The summed E-state index contributed by atoms with van der Waals surface area (Å²) >= 11 is 3.53. The minimum Gasteiger partial charge on any atom is -0.373 e. The van der Waals surface area contributed by atoms with Gasteiger partial charge < -0.3 is 10.6 Å². The minimum absolute atomic E-state index is 0.821. The maximum Gasteiger partial charge on any atom is 0.132 e. The highest BCUT2D eigenvalue weighted by Crippen LogP contribution is 2.26. The second kappa shape index (κ2) is 5.19. The Morgan fingerprint density at radius 3 is 2.59 bits per heavy atom. The predicted octanol–water partition coefficient (Wildman–Crippen LogP) is 3.94. The summed E-state index contributed by atoms with van der Waals surface area (Å²) in [6, 6.07) is 12.0. The molecule has 0 saturated heterocycles. The van der Waals surface area contributed by atoms with E-state index in [4.69, 9.17) is 0 Å². The number of nitrogens with zero attached hydrogens (tertiary/aromatic N) is 1. The van der Waals surface area contributed by atoms with Crippen LogP contribution >= 0.6 is 15.9 Å². The molecular weight excluding hydrogens is 278 g/mol. The summed E-state index contributed by atoms with van der Waals surface area (Å²) in [5.41, 5.74) is 2.23. The van der Waals surface area contributed by atoms with Crippen LogP contribution in [0.1, 0.15) is 5.56 Å². The lowest BCUT2D eigenvalue weighted by molar-refractivity contribution is 1.27. The van der Waals surface area contributed by atoms with Crippen molar-refractivity contribution in [3.05, 3.63) is 46.4 Å². The average molecular weight is 292 g/mol. The molecule has 0 atom stereocenters. The molecule has 4 heteroatoms. The van der Waals surface area contributed by atoms with Crippen LogP contribution in [-0.2, 0) is 0 Å². The van der Waals surface area contributed by atoms with Crippen molar-refractivity contribution in [2.45, 2.75) is 6.92 Å². The van der Waals surface area contributed by atoms with Crippen LogP contribution in [0.3, 0.4) is 0 Å². The number of nitrogens with one attached hydrogen (secondary N) is 2. The fraction of sp³-hybridized carbons (Fsp3) is 0.154. The number of hydrogen-bond acceptors (Lipinski definition) is 3. The lowest BCUT2D eigenvalue weighted by atomic mass is 10.2. The van der Waals surface area contributed by atoms with Gasteiger partial charge in [0, 0.05) is 11.5 Å². The van der Waals surface area contributed by atoms with Gasteiger partial charge in [-0.15, -0.1) is 0 Å². The van der Waals surface area contributed by atoms with E-state index in [1.54, 1.807) is 0 Å². The fourth-order valence-electron chi connectivity index (χ4n) is 1.50. The Kier molecular flexibility index (Phi) is 3.64. The highest BCUT2D eigenvalue weighted by molar-refractivity contribution is 9.10. The summed E-state index contributed by atoms with van der Waals surface area (Å²) < 4.78 is 1.04. The summed E-state index contributed by atoms with van der Waals surface area (Å²) in [6.45, 7) is 2.06. The standard InChI is InChI=1S/C13H14BrN3/c1-9-6-7-11(10(14)8-9)16-13-5-3-4-12(15-2)17-13/h3-8H,1-2H3,(H2,15,16,17). The van der Waals surface area contributed by atoms with Crippen molar-refractivity contribution in [1.29, 1.82) is 0 Å². The van der Waals surface area contributed by atoms with Gasteiger partial charge in [0.2, 0.25) is 0 Å². The highest BCUT2D eigenvalue weighted by Gasteiger charge is 2.01. The van der Waals surface area contributed by atoms with E-state index in [0.29, 0.717) is 0 Å². The number of benzene rings is 1. The third-order valence-corrected chi connectivity index (χ3v) is 3.05. The molecule has 0 saturated carbocycles. The molecule has 0 bridgehead atoms. The maximum atomic E-state index is 4.41. The number of anilines is 3. The quantitative estimate of drug-likeness (QED) is 0.899. The van der Waals surface area contributed by atoms with Crippen LogP contribution in [0.4, 0.5) is 17.3 Å². The number of rotatable bonds is 3. The first kappa shape index (κ1) is 11.9. The summed E-state index contributed by atoms with van der Waals surface area (Å²) in [5, 5.41) is 6.29. The lowest BCUT2D eigenvalue weighted by Gasteiger charge is -2.09. The number of halogens is 1. The van der Waals surface area contributed by atoms with E-state index in [-0.39, 0.29) is 0 Å². The molecule has 0 fully saturated rings. The van der Waals surface area contributed by atoms with Crippen molar-refractivity contribution in [3.63, 3.8) is 0 Å². The molecule has 0 aliphatic rings. The molecule has 88 valence electrons. The molecule has 17 heavy (non-hydrogen) atoms. The molecule has 0 aliphatic heterocycles. The molecule has 2 N–H and O–H groups in total. The van der Waals surface area contributed by atoms with Crippen molar-refractivity contribution in [1.82, 2.24) is 4.98 Å². The van der Waals surface area contributed by atoms with Gasteiger partial charge in [-0.25, -0.2) is 4.98 Å². The molecule has 0 spiro atoms. The number of pyridine rings is 1. The summed E-state index contributed by atoms with van der Waals surface area (Å²) in [7, 11) is 1.86. The Morgan fingerprint density at radius 1 is 1.12 bits per heavy atom. The van der Waals surface area contributed by atoms with Crippen molar-refractivity contribution in [2.75, 3.05) is 17.7 Å². The van der Waals surface area contributed by atoms with E-state index in [1.807, 2.05) is 31.3 Å². The van der Waals surface area contributed by atoms with Crippen molar-refractivity contribution in [3.8, 4) is 0 Å². The van der Waals surface area contributed by atoms with Crippen LogP contribution in [-0.4, -0.2) is 12.0 Å². The second-order valence-corrected chi connectivity index (χ2v) is 4.62. The molecule has 1 aromatic heterocycles. The molecule has 1 heterocycles. The Labute approximate surface area is 109 Å². The Morgan fingerprint density at radius 2 is 1.88 bits per heavy atom. The highest BCUT2D eigenvalue weighted by atomic mass is 79.9. The SMILES string of the molecule is CNc1cccc(Nc2ccc(C)cc2Br)n1. The van der Waals surface area contributed by atoms with Gasteiger partial charge in [-0.2, -0.15) is 0 Å². The molecule has 2 rings (SSSR count). The zero-order chi connectivity index (χ0) is 12.3. The molecule has 0 aliphatic carbocycles. The molecule has 3 nitrogen and oxygen atoms in total. The minimum atomic E-state index is 0.821. The first-order valence-corrected chi connectivity index (χ1v) is 6.16. The van der Waals surface area contributed by atoms with Crippen LogP contribution in [0.15, 0.2) is 40.9 Å². The van der Waals surface area contributed by atoms with Gasteiger partial charge in [-0.3, -0.25) is 0 Å². The van der Waals surface area contributed by atoms with E-state index in [2.05, 4.69) is 50.6 Å². The third-order valence-electron chi connectivity index (χ3n) is 2.39. The van der Waals surface area contributed by atoms with E-state index >= 15 is 0 Å². The summed E-state index contributed by atoms with van der Waals surface area (Å²) in [5.74, 6) is 1.67. The van der Waals surface area contributed by atoms with E-state index < -0.39 is 0 Å². The first-order valence-electron chi connectivity index (χ1n) is 5.37. The Bertz CT molecular complexity index is 526. The van der Waals surface area contributed by atoms with Crippen LogP contribution in [0.2, 0.25) is 0 Å². The van der Waals surface area contributed by atoms with Crippen molar-refractivity contribution in [2.24, 2.45) is 0 Å². The topological polar surface area (TPSA) is 37.0 Å². The first-order chi connectivity index (χ1) is 8.19. The largest absolute Gasteiger partial charge is 0.373 e. The summed E-state index contributed by atoms with van der Waals surface area (Å²) in [6.07, 6.45) is 0. The van der Waals surface area contributed by atoms with Crippen LogP contribution in [0.25, 0.3) is 0 Å². The number of aryl methyl sites for hydroxylation is 1. The van der Waals surface area contributed by atoms with Gasteiger partial charge in [-0.1, -0.05) is 12.1 Å². The van der Waals surface area contributed by atoms with Gasteiger partial charge >= 0.3 is 0 Å². The Balaban J connectivity index is 2.25. The molecule has 0 amide bonds. The van der Waals surface area contributed by atoms with Gasteiger partial charge in [0.05, 0.1) is 5.69 Å². The Hall–Kier alpha value is -1.55. The number of aromatic nitrogens is 1. The van der Waals surface area contributed by atoms with Gasteiger partial charge in [0.25, 0.3) is 0 Å². The molecule has 1 aromatic carbocycles. The van der Waals surface area contributed by atoms with Gasteiger partial charge in [0.15, 0.2) is 0 Å². The molecule has 2 aromatic rings. The van der Waals surface area contributed by atoms with E-state index in [9.17, 15) is 0 Å². The monoisotopic (exact) mass is 291 g/mol.